The molecule has 0 spiro atoms. The number of nitrogens with two attached hydrogens (primary N) is 1. The molecule has 0 amide bonds. The Kier molecular flexibility index (Phi) is 12.5. The molecule has 9 nitrogen and oxygen atoms in total. The highest BCUT2D eigenvalue weighted by Gasteiger charge is 2.64. The minimum atomic E-state index is -1.57. The molecule has 4 aromatic carbocycles. The van der Waals surface area contributed by atoms with E-state index in [1.54, 1.807) is 13.8 Å². The van der Waals surface area contributed by atoms with E-state index >= 15 is 0 Å². The molecule has 53 heavy (non-hydrogen) atoms. The minimum Gasteiger partial charge on any atom is -0.431 e. The maximum absolute atomic E-state index is 13.9. The first-order valence-corrected chi connectivity index (χ1v) is 18.4. The zero-order chi connectivity index (χ0) is 37.5. The Morgan fingerprint density at radius 1 is 0.642 bits per heavy atom. The lowest BCUT2D eigenvalue weighted by Gasteiger charge is -2.49. The summed E-state index contributed by atoms with van der Waals surface area (Å²) in [6.45, 7) is 10.7. The van der Waals surface area contributed by atoms with E-state index in [2.05, 4.69) is 0 Å². The van der Waals surface area contributed by atoms with Crippen LogP contribution in [0.25, 0.3) is 0 Å². The second-order valence-corrected chi connectivity index (χ2v) is 15.2. The van der Waals surface area contributed by atoms with Crippen LogP contribution in [0.2, 0.25) is 0 Å². The molecule has 0 unspecified atom stereocenters. The van der Waals surface area contributed by atoms with Gasteiger partial charge in [-0.3, -0.25) is 0 Å². The third-order valence-electron chi connectivity index (χ3n) is 10.4. The Labute approximate surface area is 313 Å². The molecule has 2 fully saturated rings. The molecule has 6 rings (SSSR count). The second kappa shape index (κ2) is 17.0. The molecule has 0 aliphatic carbocycles. The van der Waals surface area contributed by atoms with Gasteiger partial charge in [-0.1, -0.05) is 142 Å². The fraction of sp³-hybridized carbons (Fsp3) is 0.432. The van der Waals surface area contributed by atoms with Gasteiger partial charge in [-0.15, -0.1) is 0 Å². The summed E-state index contributed by atoms with van der Waals surface area (Å²) in [4.78, 5) is 13.9. The largest absolute Gasteiger partial charge is 0.431 e. The number of rotatable bonds is 15. The van der Waals surface area contributed by atoms with Crippen molar-refractivity contribution in [3.63, 3.8) is 0 Å². The van der Waals surface area contributed by atoms with Crippen molar-refractivity contribution in [3.05, 3.63) is 144 Å². The molecular formula is C44H53NO8. The van der Waals surface area contributed by atoms with Gasteiger partial charge in [0.05, 0.1) is 39.1 Å². The van der Waals surface area contributed by atoms with E-state index in [1.165, 1.54) is 0 Å². The fourth-order valence-corrected chi connectivity index (χ4v) is 6.68. The summed E-state index contributed by atoms with van der Waals surface area (Å²) in [5.74, 6) is -1.79. The van der Waals surface area contributed by atoms with E-state index in [-0.39, 0.29) is 19.8 Å². The van der Waals surface area contributed by atoms with E-state index in [0.29, 0.717) is 13.2 Å². The van der Waals surface area contributed by atoms with E-state index in [4.69, 9.17) is 38.9 Å². The van der Waals surface area contributed by atoms with Gasteiger partial charge in [0.2, 0.25) is 5.79 Å². The number of benzene rings is 4. The van der Waals surface area contributed by atoms with Crippen molar-refractivity contribution >= 4 is 5.97 Å². The van der Waals surface area contributed by atoms with Crippen LogP contribution in [-0.4, -0.2) is 60.5 Å². The number of esters is 1. The van der Waals surface area contributed by atoms with E-state index in [1.807, 2.05) is 142 Å². The van der Waals surface area contributed by atoms with Crippen molar-refractivity contribution in [1.82, 2.24) is 0 Å². The average molecular weight is 724 g/mol. The van der Waals surface area contributed by atoms with Gasteiger partial charge in [-0.05, 0) is 29.2 Å². The molecule has 0 bridgehead atoms. The van der Waals surface area contributed by atoms with Crippen LogP contribution in [-0.2, 0) is 64.4 Å². The summed E-state index contributed by atoms with van der Waals surface area (Å²) in [7, 11) is 0. The Balaban J connectivity index is 1.38. The van der Waals surface area contributed by atoms with Crippen LogP contribution in [0.3, 0.4) is 0 Å². The first kappa shape index (κ1) is 38.8. The average Bonchev–Trinajstić information content (AvgIpc) is 3.42. The summed E-state index contributed by atoms with van der Waals surface area (Å²) in [5, 5.41) is 0. The molecule has 282 valence electrons. The molecule has 0 radical (unpaired) electrons. The molecule has 0 aromatic heterocycles. The summed E-state index contributed by atoms with van der Waals surface area (Å²) in [6, 6.07) is 38.7. The second-order valence-electron chi connectivity index (χ2n) is 15.2. The maximum Gasteiger partial charge on any atom is 0.342 e. The molecular weight excluding hydrogens is 670 g/mol. The van der Waals surface area contributed by atoms with Crippen LogP contribution in [0.15, 0.2) is 121 Å². The Morgan fingerprint density at radius 2 is 1.06 bits per heavy atom. The fourth-order valence-electron chi connectivity index (χ4n) is 6.68. The van der Waals surface area contributed by atoms with E-state index in [9.17, 15) is 4.79 Å². The molecule has 2 saturated heterocycles. The van der Waals surface area contributed by atoms with Gasteiger partial charge < -0.3 is 38.9 Å². The zero-order valence-electron chi connectivity index (χ0n) is 31.4. The third kappa shape index (κ3) is 9.24. The van der Waals surface area contributed by atoms with Crippen molar-refractivity contribution in [2.24, 2.45) is 11.1 Å². The molecule has 2 heterocycles. The van der Waals surface area contributed by atoms with Crippen molar-refractivity contribution < 1.29 is 38.0 Å². The van der Waals surface area contributed by atoms with Gasteiger partial charge >= 0.3 is 5.97 Å². The van der Waals surface area contributed by atoms with E-state index < -0.39 is 59.3 Å². The van der Waals surface area contributed by atoms with Crippen LogP contribution in [0, 0.1) is 5.41 Å². The first-order chi connectivity index (χ1) is 25.5. The zero-order valence-corrected chi connectivity index (χ0v) is 31.4. The molecule has 0 saturated carbocycles. The third-order valence-corrected chi connectivity index (χ3v) is 10.4. The minimum absolute atomic E-state index is 0.163. The predicted octanol–water partition coefficient (Wildman–Crippen LogP) is 7.15. The number of hydrogen-bond acceptors (Lipinski definition) is 9. The van der Waals surface area contributed by atoms with Gasteiger partial charge in [0.1, 0.15) is 30.5 Å². The van der Waals surface area contributed by atoms with Crippen molar-refractivity contribution in [2.75, 3.05) is 6.61 Å². The first-order valence-electron chi connectivity index (χ1n) is 18.4. The normalized spacial score (nSPS) is 28.0. The Hall–Kier alpha value is -3.93. The van der Waals surface area contributed by atoms with Gasteiger partial charge in [-0.2, -0.15) is 0 Å². The van der Waals surface area contributed by atoms with E-state index in [0.717, 1.165) is 22.3 Å². The summed E-state index contributed by atoms with van der Waals surface area (Å²) in [5.41, 5.74) is 9.04. The standard InChI is InChI=1S/C44H53NO8/c1-42(2,3)44(5)52-41(46)43(4,53-44)40(45)39-38(50-29-34-24-16-9-17-25-34)37(49-28-33-22-14-8-15-23-33)36(48-27-32-20-12-7-13-21-32)35(51-39)30-47-26-31-18-10-6-11-19-31/h6-25,35-40H,26-30,45H2,1-5H3/t35-,36-,37+,38-,39-,40-,43-,44-/m1/s1. The quantitative estimate of drug-likeness (QED) is 0.128. The van der Waals surface area contributed by atoms with Crippen LogP contribution in [0.5, 0.6) is 0 Å². The maximum atomic E-state index is 13.9. The highest BCUT2D eigenvalue weighted by molar-refractivity contribution is 5.82. The van der Waals surface area contributed by atoms with Crippen molar-refractivity contribution in [3.8, 4) is 0 Å². The van der Waals surface area contributed by atoms with Crippen molar-refractivity contribution in [1.29, 1.82) is 0 Å². The molecule has 4 aromatic rings. The van der Waals surface area contributed by atoms with Crippen LogP contribution < -0.4 is 5.73 Å². The van der Waals surface area contributed by atoms with Gasteiger partial charge in [0.15, 0.2) is 5.60 Å². The number of cyclic esters (lactones) is 1. The highest BCUT2D eigenvalue weighted by Crippen LogP contribution is 2.46. The lowest BCUT2D eigenvalue weighted by Crippen LogP contribution is -2.69. The SMILES string of the molecule is CC(C)(C)[C@]1(C)OC(=O)[C@@](C)([C@H](N)[C@@H]2O[C@H](COCc3ccccc3)[C@@H](OCc3ccccc3)[C@H](OCc3ccccc3)[C@H]2OCc2ccccc2)O1. The molecule has 2 aliphatic heterocycles. The van der Waals surface area contributed by atoms with Gasteiger partial charge in [0, 0.05) is 12.3 Å². The Morgan fingerprint density at radius 3 is 1.49 bits per heavy atom. The number of ether oxygens (including phenoxy) is 7. The van der Waals surface area contributed by atoms with Crippen LogP contribution in [0.1, 0.15) is 56.9 Å². The summed E-state index contributed by atoms with van der Waals surface area (Å²) < 4.78 is 46.3. The monoisotopic (exact) mass is 723 g/mol. The van der Waals surface area contributed by atoms with Crippen molar-refractivity contribution in [2.45, 2.75) is 109 Å². The smallest absolute Gasteiger partial charge is 0.342 e. The Bertz CT molecular complexity index is 1720. The highest BCUT2D eigenvalue weighted by atomic mass is 16.8. The van der Waals surface area contributed by atoms with Crippen LogP contribution >= 0.6 is 0 Å². The summed E-state index contributed by atoms with van der Waals surface area (Å²) in [6.07, 6.45) is -3.71. The van der Waals surface area contributed by atoms with Gasteiger partial charge in [-0.25, -0.2) is 4.79 Å². The summed E-state index contributed by atoms with van der Waals surface area (Å²) >= 11 is 0. The van der Waals surface area contributed by atoms with Gasteiger partial charge in [0.25, 0.3) is 0 Å². The topological polar surface area (TPSA) is 108 Å². The molecule has 2 N–H and O–H groups in total. The number of carbonyl (C=O) groups excluding carboxylic acids is 1. The lowest BCUT2D eigenvalue weighted by molar-refractivity contribution is -0.288. The molecule has 2 aliphatic rings. The number of hydrogen-bond donors (Lipinski definition) is 1. The number of carbonyl (C=O) groups is 1. The molecule has 9 heteroatoms. The lowest BCUT2D eigenvalue weighted by atomic mass is 9.83. The molecule has 8 atom stereocenters. The predicted molar refractivity (Wildman–Crippen MR) is 201 cm³/mol. The van der Waals surface area contributed by atoms with Crippen LogP contribution in [0.4, 0.5) is 0 Å².